The van der Waals surface area contributed by atoms with Crippen molar-refractivity contribution in [3.63, 3.8) is 0 Å². The Kier molecular flexibility index (Phi) is 39.5. The van der Waals surface area contributed by atoms with Crippen LogP contribution in [0.4, 0.5) is 4.79 Å². The Morgan fingerprint density at radius 3 is 1.55 bits per heavy atom. The van der Waals surface area contributed by atoms with Gasteiger partial charge in [-0.3, -0.25) is 9.59 Å². The molecular weight excluding hydrogens is 781 g/mol. The number of esters is 2. The number of rotatable bonds is 43. The van der Waals surface area contributed by atoms with Gasteiger partial charge in [0.25, 0.3) is 0 Å². The molecule has 1 aliphatic rings. The molecule has 1 saturated heterocycles. The van der Waals surface area contributed by atoms with Crippen LogP contribution >= 0.6 is 0 Å². The quantitative estimate of drug-likeness (QED) is 0.0195. The fraction of sp³-hybridized carbons (Fsp3) is 0.865. The second-order valence-electron chi connectivity index (χ2n) is 17.5. The number of nitrogens with zero attached hydrogens (tertiary/aromatic N) is 2. The van der Waals surface area contributed by atoms with Crippen molar-refractivity contribution >= 4 is 18.0 Å². The lowest BCUT2D eigenvalue weighted by molar-refractivity contribution is -0.160. The van der Waals surface area contributed by atoms with E-state index in [9.17, 15) is 14.4 Å². The maximum atomic E-state index is 13.1. The number of allylic oxidation sites excluding steroid dienone is 4. The number of carbonyl (C=O) groups is 3. The maximum absolute atomic E-state index is 13.1. The van der Waals surface area contributed by atoms with Crippen molar-refractivity contribution < 1.29 is 38.1 Å². The van der Waals surface area contributed by atoms with E-state index < -0.39 is 6.29 Å². The van der Waals surface area contributed by atoms with Crippen molar-refractivity contribution in [1.29, 1.82) is 0 Å². The highest BCUT2D eigenvalue weighted by atomic mass is 16.7. The highest BCUT2D eigenvalue weighted by Gasteiger charge is 2.37. The summed E-state index contributed by atoms with van der Waals surface area (Å²) in [5, 5.41) is 0. The average Bonchev–Trinajstić information content (AvgIpc) is 3.70. The SMILES string of the molecule is CCCCC/C=C\C/C=C\CCCCCCCC(=O)OCC1CN(C(=O)OCCCN(CC)CC)CC1COC(=O)CCC(OCCCCCCCC)OCCCCCCCC. The maximum Gasteiger partial charge on any atom is 0.409 e. The lowest BCUT2D eigenvalue weighted by atomic mass is 9.98. The first-order valence-electron chi connectivity index (χ1n) is 25.9. The molecule has 62 heavy (non-hydrogen) atoms. The zero-order valence-electron chi connectivity index (χ0n) is 40.9. The van der Waals surface area contributed by atoms with Crippen LogP contribution in [0.3, 0.4) is 0 Å². The zero-order chi connectivity index (χ0) is 45.1. The summed E-state index contributed by atoms with van der Waals surface area (Å²) in [6.07, 6.45) is 36.8. The van der Waals surface area contributed by atoms with E-state index in [2.05, 4.69) is 63.8 Å². The van der Waals surface area contributed by atoms with Crippen LogP contribution in [0.15, 0.2) is 24.3 Å². The molecule has 0 aromatic heterocycles. The summed E-state index contributed by atoms with van der Waals surface area (Å²) < 4.78 is 29.5. The van der Waals surface area contributed by atoms with Gasteiger partial charge in [-0.05, 0) is 70.9 Å². The Hall–Kier alpha value is -2.43. The van der Waals surface area contributed by atoms with Crippen LogP contribution in [0.25, 0.3) is 0 Å². The molecule has 0 spiro atoms. The Morgan fingerprint density at radius 2 is 1.00 bits per heavy atom. The van der Waals surface area contributed by atoms with Gasteiger partial charge in [-0.2, -0.15) is 0 Å². The first kappa shape index (κ1) is 57.6. The third-order valence-corrected chi connectivity index (χ3v) is 12.0. The van der Waals surface area contributed by atoms with E-state index in [0.717, 1.165) is 90.3 Å². The van der Waals surface area contributed by atoms with Crippen LogP contribution in [0, 0.1) is 11.8 Å². The summed E-state index contributed by atoms with van der Waals surface area (Å²) >= 11 is 0. The number of carbonyl (C=O) groups excluding carboxylic acids is 3. The summed E-state index contributed by atoms with van der Waals surface area (Å²) in [5.41, 5.74) is 0. The molecule has 2 unspecified atom stereocenters. The van der Waals surface area contributed by atoms with Crippen molar-refractivity contribution in [3.05, 3.63) is 24.3 Å². The van der Waals surface area contributed by atoms with Gasteiger partial charge in [0.15, 0.2) is 6.29 Å². The summed E-state index contributed by atoms with van der Waals surface area (Å²) in [5.74, 6) is -0.823. The molecule has 0 aromatic rings. The van der Waals surface area contributed by atoms with Gasteiger partial charge in [0.1, 0.15) is 0 Å². The normalized spacial score (nSPS) is 15.5. The first-order chi connectivity index (χ1) is 30.4. The second kappa shape index (κ2) is 42.5. The molecule has 1 rings (SSSR count). The highest BCUT2D eigenvalue weighted by molar-refractivity contribution is 5.70. The molecule has 1 amide bonds. The van der Waals surface area contributed by atoms with Gasteiger partial charge in [0, 0.05) is 57.5 Å². The second-order valence-corrected chi connectivity index (χ2v) is 17.5. The number of hydrogen-bond acceptors (Lipinski definition) is 9. The van der Waals surface area contributed by atoms with Gasteiger partial charge < -0.3 is 33.5 Å². The minimum absolute atomic E-state index is 0.145. The number of unbranched alkanes of at least 4 members (excludes halogenated alkanes) is 18. The standard InChI is InChI=1S/C52H96N2O8/c1-6-11-14-17-20-21-22-23-24-25-26-27-28-29-32-36-49(55)61-45-47-43-54(52(57)60-42-35-39-53(9-4)10-5)44-48(47)46-62-50(56)37-38-51(58-40-33-30-18-15-12-7-2)59-41-34-31-19-16-13-8-3/h20-21,23-24,47-48,51H,6-19,22,25-46H2,1-5H3/b21-20-,24-23-. The number of ether oxygens (including phenoxy) is 5. The topological polar surface area (TPSA) is 104 Å². The molecule has 0 radical (unpaired) electrons. The molecule has 0 bridgehead atoms. The predicted octanol–water partition coefficient (Wildman–Crippen LogP) is 13.2. The lowest BCUT2D eigenvalue weighted by Gasteiger charge is -2.20. The molecule has 10 heteroatoms. The molecule has 1 fully saturated rings. The van der Waals surface area contributed by atoms with E-state index in [1.54, 1.807) is 4.90 Å². The molecule has 0 saturated carbocycles. The Balaban J connectivity index is 2.60. The van der Waals surface area contributed by atoms with E-state index >= 15 is 0 Å². The third-order valence-electron chi connectivity index (χ3n) is 12.0. The average molecular weight is 877 g/mol. The van der Waals surface area contributed by atoms with Gasteiger partial charge in [-0.1, -0.05) is 155 Å². The lowest BCUT2D eigenvalue weighted by Crippen LogP contribution is -2.31. The first-order valence-corrected chi connectivity index (χ1v) is 25.9. The summed E-state index contributed by atoms with van der Waals surface area (Å²) in [6, 6.07) is 0. The molecule has 10 nitrogen and oxygen atoms in total. The smallest absolute Gasteiger partial charge is 0.409 e. The van der Waals surface area contributed by atoms with Gasteiger partial charge in [0.2, 0.25) is 0 Å². The Labute approximate surface area is 381 Å². The predicted molar refractivity (Wildman–Crippen MR) is 255 cm³/mol. The minimum Gasteiger partial charge on any atom is -0.465 e. The zero-order valence-corrected chi connectivity index (χ0v) is 40.9. The van der Waals surface area contributed by atoms with Crippen molar-refractivity contribution in [3.8, 4) is 0 Å². The van der Waals surface area contributed by atoms with Gasteiger partial charge in [0.05, 0.1) is 26.2 Å². The molecule has 2 atom stereocenters. The third kappa shape index (κ3) is 33.1. The van der Waals surface area contributed by atoms with Crippen LogP contribution in [0.1, 0.15) is 208 Å². The number of likely N-dealkylation sites (tertiary alicyclic amines) is 1. The van der Waals surface area contributed by atoms with Crippen LogP contribution in [-0.4, -0.2) is 99.9 Å². The van der Waals surface area contributed by atoms with Crippen LogP contribution in [0.5, 0.6) is 0 Å². The van der Waals surface area contributed by atoms with Crippen LogP contribution in [-0.2, 0) is 33.3 Å². The van der Waals surface area contributed by atoms with Crippen molar-refractivity contribution in [2.45, 2.75) is 214 Å². The number of amides is 1. The minimum atomic E-state index is -0.431. The molecule has 0 N–H and O–H groups in total. The fourth-order valence-electron chi connectivity index (χ4n) is 7.81. The molecule has 362 valence electrons. The van der Waals surface area contributed by atoms with E-state index in [4.69, 9.17) is 23.7 Å². The van der Waals surface area contributed by atoms with E-state index in [1.165, 1.54) is 83.5 Å². The summed E-state index contributed by atoms with van der Waals surface area (Å²) in [7, 11) is 0. The monoisotopic (exact) mass is 877 g/mol. The van der Waals surface area contributed by atoms with E-state index in [-0.39, 0.29) is 49.5 Å². The van der Waals surface area contributed by atoms with Crippen molar-refractivity contribution in [2.24, 2.45) is 11.8 Å². The van der Waals surface area contributed by atoms with Gasteiger partial charge in [-0.15, -0.1) is 0 Å². The van der Waals surface area contributed by atoms with Crippen molar-refractivity contribution in [2.75, 3.05) is 65.8 Å². The van der Waals surface area contributed by atoms with Crippen molar-refractivity contribution in [1.82, 2.24) is 9.80 Å². The molecule has 0 aromatic carbocycles. The molecular formula is C52H96N2O8. The fourth-order valence-corrected chi connectivity index (χ4v) is 7.81. The molecule has 0 aliphatic carbocycles. The highest BCUT2D eigenvalue weighted by Crippen LogP contribution is 2.26. The Morgan fingerprint density at radius 1 is 0.532 bits per heavy atom. The van der Waals surface area contributed by atoms with Crippen LogP contribution in [0.2, 0.25) is 0 Å². The Bertz CT molecular complexity index is 1090. The largest absolute Gasteiger partial charge is 0.465 e. The molecule has 1 heterocycles. The van der Waals surface area contributed by atoms with Crippen LogP contribution < -0.4 is 0 Å². The van der Waals surface area contributed by atoms with E-state index in [0.29, 0.717) is 45.8 Å². The number of hydrogen-bond donors (Lipinski definition) is 0. The van der Waals surface area contributed by atoms with E-state index in [1.807, 2.05) is 0 Å². The van der Waals surface area contributed by atoms with Gasteiger partial charge in [-0.25, -0.2) is 4.79 Å². The summed E-state index contributed by atoms with van der Waals surface area (Å²) in [4.78, 5) is 43.0. The van der Waals surface area contributed by atoms with Gasteiger partial charge >= 0.3 is 18.0 Å². The summed E-state index contributed by atoms with van der Waals surface area (Å²) in [6.45, 7) is 16.5. The molecule has 1 aliphatic heterocycles.